The second-order valence-electron chi connectivity index (χ2n) is 4.88. The molecule has 0 aliphatic rings. The van der Waals surface area contributed by atoms with Crippen LogP contribution in [0.25, 0.3) is 0 Å². The molecule has 0 fully saturated rings. The standard InChI is InChI=1S/C15H17FN4O2/c1-9-14(10(2)20(3)19-9)18-13(21)8-17-15(22)11-6-4-5-7-12(11)16/h4-7H,8H2,1-3H3,(H,17,22)(H,18,21). The molecule has 1 aromatic carbocycles. The monoisotopic (exact) mass is 304 g/mol. The zero-order valence-electron chi connectivity index (χ0n) is 12.6. The van der Waals surface area contributed by atoms with Crippen molar-refractivity contribution in [1.82, 2.24) is 15.1 Å². The van der Waals surface area contributed by atoms with Crippen LogP contribution in [0.1, 0.15) is 21.7 Å². The highest BCUT2D eigenvalue weighted by molar-refractivity contribution is 5.99. The van der Waals surface area contributed by atoms with Gasteiger partial charge in [0.1, 0.15) is 5.82 Å². The first kappa shape index (κ1) is 15.7. The molecule has 0 atom stereocenters. The van der Waals surface area contributed by atoms with Crippen LogP contribution in [0, 0.1) is 19.7 Å². The molecular weight excluding hydrogens is 287 g/mol. The SMILES string of the molecule is Cc1nn(C)c(C)c1NC(=O)CNC(=O)c1ccccc1F. The van der Waals surface area contributed by atoms with E-state index in [9.17, 15) is 14.0 Å². The van der Waals surface area contributed by atoms with Crippen LogP contribution in [-0.4, -0.2) is 28.1 Å². The number of carbonyl (C=O) groups is 2. The number of hydrogen-bond acceptors (Lipinski definition) is 3. The van der Waals surface area contributed by atoms with Gasteiger partial charge in [0.2, 0.25) is 5.91 Å². The van der Waals surface area contributed by atoms with Crippen molar-refractivity contribution < 1.29 is 14.0 Å². The van der Waals surface area contributed by atoms with Crippen LogP contribution in [0.4, 0.5) is 10.1 Å². The molecule has 116 valence electrons. The molecule has 0 bridgehead atoms. The highest BCUT2D eigenvalue weighted by Crippen LogP contribution is 2.17. The summed E-state index contributed by atoms with van der Waals surface area (Å²) in [6.45, 7) is 3.36. The second kappa shape index (κ2) is 6.38. The maximum atomic E-state index is 13.4. The van der Waals surface area contributed by atoms with Gasteiger partial charge in [0.05, 0.1) is 29.2 Å². The molecule has 2 amide bonds. The number of hydrogen-bond donors (Lipinski definition) is 2. The van der Waals surface area contributed by atoms with Gasteiger partial charge in [-0.15, -0.1) is 0 Å². The molecule has 1 heterocycles. The third-order valence-corrected chi connectivity index (χ3v) is 3.30. The molecule has 1 aromatic heterocycles. The maximum Gasteiger partial charge on any atom is 0.254 e. The first-order chi connectivity index (χ1) is 10.4. The summed E-state index contributed by atoms with van der Waals surface area (Å²) in [6, 6.07) is 5.60. The number of nitrogens with zero attached hydrogens (tertiary/aromatic N) is 2. The number of halogens is 1. The first-order valence-electron chi connectivity index (χ1n) is 6.73. The first-order valence-corrected chi connectivity index (χ1v) is 6.73. The molecule has 6 nitrogen and oxygen atoms in total. The van der Waals surface area contributed by atoms with Crippen molar-refractivity contribution in [2.24, 2.45) is 7.05 Å². The van der Waals surface area contributed by atoms with Crippen LogP contribution >= 0.6 is 0 Å². The van der Waals surface area contributed by atoms with E-state index in [1.807, 2.05) is 6.92 Å². The summed E-state index contributed by atoms with van der Waals surface area (Å²) in [5.41, 5.74) is 2.02. The van der Waals surface area contributed by atoms with E-state index in [-0.39, 0.29) is 12.1 Å². The van der Waals surface area contributed by atoms with E-state index in [1.165, 1.54) is 18.2 Å². The molecule has 0 saturated heterocycles. The fourth-order valence-electron chi connectivity index (χ4n) is 2.04. The molecule has 0 aliphatic carbocycles. The quantitative estimate of drug-likeness (QED) is 0.899. The third-order valence-electron chi connectivity index (χ3n) is 3.30. The van der Waals surface area contributed by atoms with Crippen molar-refractivity contribution in [2.75, 3.05) is 11.9 Å². The summed E-state index contributed by atoms with van der Waals surface area (Å²) in [5, 5.41) is 9.26. The van der Waals surface area contributed by atoms with Crippen LogP contribution in [0.3, 0.4) is 0 Å². The Kier molecular flexibility index (Phi) is 4.55. The summed E-state index contributed by atoms with van der Waals surface area (Å²) < 4.78 is 15.1. The van der Waals surface area contributed by atoms with E-state index in [4.69, 9.17) is 0 Å². The minimum Gasteiger partial charge on any atom is -0.343 e. The number of benzene rings is 1. The lowest BCUT2D eigenvalue weighted by molar-refractivity contribution is -0.115. The summed E-state index contributed by atoms with van der Waals surface area (Å²) in [5.74, 6) is -1.66. The Balaban J connectivity index is 1.96. The van der Waals surface area contributed by atoms with Crippen molar-refractivity contribution in [2.45, 2.75) is 13.8 Å². The Labute approximate surface area is 127 Å². The van der Waals surface area contributed by atoms with Crippen LogP contribution in [0.2, 0.25) is 0 Å². The van der Waals surface area contributed by atoms with Gasteiger partial charge in [-0.25, -0.2) is 4.39 Å². The van der Waals surface area contributed by atoms with Crippen molar-refractivity contribution in [3.63, 3.8) is 0 Å². The number of carbonyl (C=O) groups excluding carboxylic acids is 2. The smallest absolute Gasteiger partial charge is 0.254 e. The van der Waals surface area contributed by atoms with Crippen molar-refractivity contribution in [1.29, 1.82) is 0 Å². The van der Waals surface area contributed by atoms with E-state index < -0.39 is 17.6 Å². The van der Waals surface area contributed by atoms with Gasteiger partial charge in [-0.05, 0) is 26.0 Å². The molecule has 0 spiro atoms. The molecule has 0 unspecified atom stereocenters. The summed E-state index contributed by atoms with van der Waals surface area (Å²) in [7, 11) is 1.78. The van der Waals surface area contributed by atoms with Crippen molar-refractivity contribution in [3.8, 4) is 0 Å². The molecule has 0 aliphatic heterocycles. The topological polar surface area (TPSA) is 76.0 Å². The van der Waals surface area contributed by atoms with Gasteiger partial charge in [0, 0.05) is 7.05 Å². The van der Waals surface area contributed by atoms with Crippen LogP contribution in [0.5, 0.6) is 0 Å². The Hall–Kier alpha value is -2.70. The average Bonchev–Trinajstić information content (AvgIpc) is 2.72. The molecule has 7 heteroatoms. The molecule has 2 aromatic rings. The van der Waals surface area contributed by atoms with E-state index >= 15 is 0 Å². The van der Waals surface area contributed by atoms with Gasteiger partial charge >= 0.3 is 0 Å². The number of aromatic nitrogens is 2. The Morgan fingerprint density at radius 3 is 2.55 bits per heavy atom. The van der Waals surface area contributed by atoms with Gasteiger partial charge in [-0.1, -0.05) is 12.1 Å². The summed E-state index contributed by atoms with van der Waals surface area (Å²) in [4.78, 5) is 23.7. The van der Waals surface area contributed by atoms with E-state index in [2.05, 4.69) is 15.7 Å². The molecule has 0 saturated carbocycles. The number of anilines is 1. The molecule has 0 radical (unpaired) electrons. The lowest BCUT2D eigenvalue weighted by atomic mass is 10.2. The number of amides is 2. The average molecular weight is 304 g/mol. The minimum atomic E-state index is -0.632. The van der Waals surface area contributed by atoms with Crippen molar-refractivity contribution >= 4 is 17.5 Å². The zero-order valence-corrected chi connectivity index (χ0v) is 12.6. The summed E-state index contributed by atoms with van der Waals surface area (Å²) in [6.07, 6.45) is 0. The predicted molar refractivity (Wildman–Crippen MR) is 80.0 cm³/mol. The largest absolute Gasteiger partial charge is 0.343 e. The van der Waals surface area contributed by atoms with Gasteiger partial charge in [0.25, 0.3) is 5.91 Å². The summed E-state index contributed by atoms with van der Waals surface area (Å²) >= 11 is 0. The third kappa shape index (κ3) is 3.30. The van der Waals surface area contributed by atoms with Gasteiger partial charge in [-0.2, -0.15) is 5.10 Å². The maximum absolute atomic E-state index is 13.4. The Morgan fingerprint density at radius 2 is 1.95 bits per heavy atom. The van der Waals surface area contributed by atoms with Gasteiger partial charge < -0.3 is 10.6 Å². The van der Waals surface area contributed by atoms with Gasteiger partial charge in [-0.3, -0.25) is 14.3 Å². The Morgan fingerprint density at radius 1 is 1.27 bits per heavy atom. The fraction of sp³-hybridized carbons (Fsp3) is 0.267. The number of aryl methyl sites for hydroxylation is 2. The molecule has 2 rings (SSSR count). The molecule has 22 heavy (non-hydrogen) atoms. The number of nitrogens with one attached hydrogen (secondary N) is 2. The minimum absolute atomic E-state index is 0.0935. The normalized spacial score (nSPS) is 10.4. The number of rotatable bonds is 4. The molecular formula is C15H17FN4O2. The zero-order chi connectivity index (χ0) is 16.3. The van der Waals surface area contributed by atoms with Crippen LogP contribution in [-0.2, 0) is 11.8 Å². The van der Waals surface area contributed by atoms with Crippen molar-refractivity contribution in [3.05, 3.63) is 47.0 Å². The van der Waals surface area contributed by atoms with E-state index in [0.717, 1.165) is 5.69 Å². The van der Waals surface area contributed by atoms with Gasteiger partial charge in [0.15, 0.2) is 0 Å². The lowest BCUT2D eigenvalue weighted by Crippen LogP contribution is -2.33. The highest BCUT2D eigenvalue weighted by atomic mass is 19.1. The van der Waals surface area contributed by atoms with E-state index in [0.29, 0.717) is 11.4 Å². The van der Waals surface area contributed by atoms with E-state index in [1.54, 1.807) is 24.7 Å². The second-order valence-corrected chi connectivity index (χ2v) is 4.88. The predicted octanol–water partition coefficient (Wildman–Crippen LogP) is 1.54. The Bertz CT molecular complexity index is 724. The fourth-order valence-corrected chi connectivity index (χ4v) is 2.04. The lowest BCUT2D eigenvalue weighted by Gasteiger charge is -2.08. The van der Waals surface area contributed by atoms with Crippen LogP contribution in [0.15, 0.2) is 24.3 Å². The van der Waals surface area contributed by atoms with Crippen LogP contribution < -0.4 is 10.6 Å². The molecule has 2 N–H and O–H groups in total. The highest BCUT2D eigenvalue weighted by Gasteiger charge is 2.15.